The van der Waals surface area contributed by atoms with Crippen LogP contribution >= 0.6 is 23.2 Å². The Morgan fingerprint density at radius 2 is 1.71 bits per heavy atom. The lowest BCUT2D eigenvalue weighted by molar-refractivity contribution is 0.102. The second-order valence-corrected chi connectivity index (χ2v) is 10.1. The number of aromatic hydroxyl groups is 1. The summed E-state index contributed by atoms with van der Waals surface area (Å²) < 4.78 is 1.40. The van der Waals surface area contributed by atoms with E-state index in [0.717, 1.165) is 30.5 Å². The van der Waals surface area contributed by atoms with Gasteiger partial charge in [-0.15, -0.1) is 0 Å². The lowest BCUT2D eigenvalue weighted by atomic mass is 9.82. The van der Waals surface area contributed by atoms with Gasteiger partial charge in [-0.05, 0) is 61.2 Å². The van der Waals surface area contributed by atoms with Crippen LogP contribution in [0.25, 0.3) is 11.3 Å². The average Bonchev–Trinajstić information content (AvgIpc) is 3.29. The number of phenols is 1. The molecule has 1 aliphatic carbocycles. The molecule has 5 rings (SSSR count). The summed E-state index contributed by atoms with van der Waals surface area (Å²) in [5.74, 6) is -0.271. The number of carbonyl (C=O) groups excluding carboxylic acids is 2. The minimum atomic E-state index is -0.476. The quantitative estimate of drug-likeness (QED) is 0.219. The summed E-state index contributed by atoms with van der Waals surface area (Å²) in [4.78, 5) is 26.0. The highest BCUT2D eigenvalue weighted by Gasteiger charge is 2.28. The van der Waals surface area contributed by atoms with E-state index < -0.39 is 5.91 Å². The van der Waals surface area contributed by atoms with Gasteiger partial charge in [0.25, 0.3) is 5.91 Å². The molecule has 194 valence electrons. The smallest absolute Gasteiger partial charge is 0.342 e. The van der Waals surface area contributed by atoms with Crippen molar-refractivity contribution >= 4 is 40.8 Å². The van der Waals surface area contributed by atoms with Gasteiger partial charge in [0.1, 0.15) is 5.75 Å². The number of amides is 2. The van der Waals surface area contributed by atoms with E-state index in [4.69, 9.17) is 23.2 Å². The Labute approximate surface area is 230 Å². The van der Waals surface area contributed by atoms with Gasteiger partial charge in [-0.2, -0.15) is 9.78 Å². The minimum Gasteiger partial charge on any atom is -0.507 e. The fraction of sp³-hybridized carbons (Fsp3) is 0.207. The molecule has 0 atom stereocenters. The summed E-state index contributed by atoms with van der Waals surface area (Å²) in [6, 6.07) is 21.0. The Balaban J connectivity index is 1.38. The third kappa shape index (κ3) is 5.54. The third-order valence-electron chi connectivity index (χ3n) is 6.71. The van der Waals surface area contributed by atoms with Crippen molar-refractivity contribution in [3.8, 4) is 17.0 Å². The Morgan fingerprint density at radius 1 is 0.974 bits per heavy atom. The maximum absolute atomic E-state index is 13.1. The second-order valence-electron chi connectivity index (χ2n) is 9.24. The van der Waals surface area contributed by atoms with Crippen molar-refractivity contribution in [1.82, 2.24) is 15.1 Å². The number of anilines is 1. The molecule has 0 radical (unpaired) electrons. The number of phenolic OH excluding ortho intramolecular Hbond substituents is 1. The average molecular weight is 549 g/mol. The molecule has 3 N–H and O–H groups in total. The zero-order chi connectivity index (χ0) is 26.6. The van der Waals surface area contributed by atoms with Gasteiger partial charge in [-0.1, -0.05) is 66.0 Å². The SMILES string of the molecule is O=C(Nc1ccc(O)c(-c2cc(C3CCC3)n(C(=O)NCCc3ccccc3)n2)c1)c1c(Cl)cccc1Cl. The van der Waals surface area contributed by atoms with Crippen molar-refractivity contribution in [3.63, 3.8) is 0 Å². The van der Waals surface area contributed by atoms with Crippen LogP contribution < -0.4 is 10.6 Å². The molecular weight excluding hydrogens is 523 g/mol. The Hall–Kier alpha value is -3.81. The number of carbonyl (C=O) groups is 2. The molecule has 0 unspecified atom stereocenters. The van der Waals surface area contributed by atoms with Gasteiger partial charge in [0.05, 0.1) is 27.0 Å². The fourth-order valence-electron chi connectivity index (χ4n) is 4.45. The summed E-state index contributed by atoms with van der Waals surface area (Å²) >= 11 is 12.4. The van der Waals surface area contributed by atoms with Crippen LogP contribution in [0.4, 0.5) is 10.5 Å². The van der Waals surface area contributed by atoms with Gasteiger partial charge >= 0.3 is 6.03 Å². The van der Waals surface area contributed by atoms with Gasteiger partial charge in [0.2, 0.25) is 0 Å². The lowest BCUT2D eigenvalue weighted by Crippen LogP contribution is -2.33. The van der Waals surface area contributed by atoms with Crippen LogP contribution in [0.2, 0.25) is 10.0 Å². The molecule has 1 saturated carbocycles. The van der Waals surface area contributed by atoms with Gasteiger partial charge < -0.3 is 15.7 Å². The zero-order valence-corrected chi connectivity index (χ0v) is 22.0. The number of nitrogens with zero attached hydrogens (tertiary/aromatic N) is 2. The molecule has 0 saturated heterocycles. The topological polar surface area (TPSA) is 96.2 Å². The van der Waals surface area contributed by atoms with Crippen LogP contribution in [0, 0.1) is 0 Å². The maximum Gasteiger partial charge on any atom is 0.342 e. The second kappa shape index (κ2) is 11.3. The number of hydrogen-bond acceptors (Lipinski definition) is 4. The monoisotopic (exact) mass is 548 g/mol. The van der Waals surface area contributed by atoms with Crippen LogP contribution in [0.3, 0.4) is 0 Å². The summed E-state index contributed by atoms with van der Waals surface area (Å²) in [7, 11) is 0. The van der Waals surface area contributed by atoms with Crippen LogP contribution in [-0.4, -0.2) is 33.4 Å². The van der Waals surface area contributed by atoms with E-state index in [1.807, 2.05) is 36.4 Å². The Morgan fingerprint density at radius 3 is 2.39 bits per heavy atom. The van der Waals surface area contributed by atoms with Crippen molar-refractivity contribution in [1.29, 1.82) is 0 Å². The van der Waals surface area contributed by atoms with Crippen molar-refractivity contribution in [2.24, 2.45) is 0 Å². The first-order chi connectivity index (χ1) is 18.4. The highest BCUT2D eigenvalue weighted by Crippen LogP contribution is 2.39. The molecular formula is C29H26Cl2N4O3. The molecule has 3 aromatic carbocycles. The normalized spacial score (nSPS) is 13.1. The molecule has 38 heavy (non-hydrogen) atoms. The Bertz CT molecular complexity index is 1460. The van der Waals surface area contributed by atoms with E-state index in [9.17, 15) is 14.7 Å². The van der Waals surface area contributed by atoms with E-state index >= 15 is 0 Å². The summed E-state index contributed by atoms with van der Waals surface area (Å²) in [6.45, 7) is 0.472. The third-order valence-corrected chi connectivity index (χ3v) is 7.34. The molecule has 1 aliphatic rings. The van der Waals surface area contributed by atoms with Gasteiger partial charge in [0.15, 0.2) is 0 Å². The first-order valence-electron chi connectivity index (χ1n) is 12.4. The first kappa shape index (κ1) is 25.8. The lowest BCUT2D eigenvalue weighted by Gasteiger charge is -2.25. The van der Waals surface area contributed by atoms with Crippen LogP contribution in [-0.2, 0) is 6.42 Å². The van der Waals surface area contributed by atoms with Crippen molar-refractivity contribution < 1.29 is 14.7 Å². The molecule has 4 aromatic rings. The van der Waals surface area contributed by atoms with E-state index in [1.54, 1.807) is 30.3 Å². The van der Waals surface area contributed by atoms with Crippen molar-refractivity contribution in [2.45, 2.75) is 31.6 Å². The van der Waals surface area contributed by atoms with Crippen LogP contribution in [0.1, 0.15) is 46.8 Å². The number of halogens is 2. The number of benzene rings is 3. The van der Waals surface area contributed by atoms with Gasteiger partial charge in [-0.3, -0.25) is 4.79 Å². The van der Waals surface area contributed by atoms with E-state index in [1.165, 1.54) is 10.7 Å². The number of nitrogens with one attached hydrogen (secondary N) is 2. The van der Waals surface area contributed by atoms with Crippen LogP contribution in [0.5, 0.6) is 5.75 Å². The summed E-state index contributed by atoms with van der Waals surface area (Å²) in [5, 5.41) is 21.4. The van der Waals surface area contributed by atoms with Gasteiger partial charge in [0, 0.05) is 23.7 Å². The molecule has 1 aromatic heterocycles. The highest BCUT2D eigenvalue weighted by atomic mass is 35.5. The largest absolute Gasteiger partial charge is 0.507 e. The van der Waals surface area contributed by atoms with Crippen LogP contribution in [0.15, 0.2) is 72.8 Å². The molecule has 9 heteroatoms. The van der Waals surface area contributed by atoms with Crippen molar-refractivity contribution in [3.05, 3.63) is 99.7 Å². The number of rotatable bonds is 7. The molecule has 0 bridgehead atoms. The summed E-state index contributed by atoms with van der Waals surface area (Å²) in [6.07, 6.45) is 3.75. The standard InChI is InChI=1S/C29H26Cl2N4O3/c30-22-10-5-11-23(31)27(22)28(37)33-20-12-13-26(36)21(16-20)24-17-25(19-8-4-9-19)35(34-24)29(38)32-15-14-18-6-2-1-3-7-18/h1-3,5-7,10-13,16-17,19,36H,4,8-9,14-15H2,(H,32,38)(H,33,37). The van der Waals surface area contributed by atoms with E-state index in [-0.39, 0.29) is 33.3 Å². The molecule has 1 heterocycles. The van der Waals surface area contributed by atoms with Gasteiger partial charge in [-0.25, -0.2) is 4.79 Å². The van der Waals surface area contributed by atoms with Crippen molar-refractivity contribution in [2.75, 3.05) is 11.9 Å². The molecule has 0 spiro atoms. The molecule has 1 fully saturated rings. The predicted octanol–water partition coefficient (Wildman–Crippen LogP) is 6.88. The molecule has 7 nitrogen and oxygen atoms in total. The first-order valence-corrected chi connectivity index (χ1v) is 13.2. The Kier molecular flexibility index (Phi) is 7.67. The number of aromatic nitrogens is 2. The highest BCUT2D eigenvalue weighted by molar-refractivity contribution is 6.40. The van der Waals surface area contributed by atoms with E-state index in [2.05, 4.69) is 15.7 Å². The zero-order valence-electron chi connectivity index (χ0n) is 20.5. The maximum atomic E-state index is 13.1. The van der Waals surface area contributed by atoms with E-state index in [0.29, 0.717) is 29.9 Å². The number of hydrogen-bond donors (Lipinski definition) is 3. The molecule has 0 aliphatic heterocycles. The molecule has 2 amide bonds. The minimum absolute atomic E-state index is 0.0203. The predicted molar refractivity (Wildman–Crippen MR) is 149 cm³/mol. The summed E-state index contributed by atoms with van der Waals surface area (Å²) in [5.41, 5.74) is 3.36. The fourth-order valence-corrected chi connectivity index (χ4v) is 5.01.